The molecule has 1 aliphatic rings. The number of nitrogens with two attached hydrogens (primary N) is 1. The highest BCUT2D eigenvalue weighted by atomic mass is 15.1. The molecule has 0 amide bonds. The summed E-state index contributed by atoms with van der Waals surface area (Å²) in [5.74, 6) is 0.584. The average Bonchev–Trinajstić information content (AvgIpc) is 2.49. The lowest BCUT2D eigenvalue weighted by molar-refractivity contribution is 0.217. The molecule has 2 rings (SSSR count). The van der Waals surface area contributed by atoms with Crippen molar-refractivity contribution in [1.82, 2.24) is 10.2 Å². The maximum Gasteiger partial charge on any atom is 0.0733 e. The van der Waals surface area contributed by atoms with Gasteiger partial charge < -0.3 is 5.73 Å². The molecule has 0 saturated heterocycles. The minimum atomic E-state index is 0.459. The Balaban J connectivity index is 2.16. The fourth-order valence-corrected chi connectivity index (χ4v) is 2.58. The fraction of sp³-hybridized carbons (Fsp3) is 0.727. The first-order chi connectivity index (χ1) is 6.58. The number of nitrogen functional groups attached to an aromatic ring is 1. The molecule has 0 radical (unpaired) electrons. The highest BCUT2D eigenvalue weighted by Gasteiger charge is 2.30. The van der Waals surface area contributed by atoms with E-state index < -0.39 is 0 Å². The maximum atomic E-state index is 5.87. The van der Waals surface area contributed by atoms with E-state index in [0.717, 1.165) is 11.4 Å². The van der Waals surface area contributed by atoms with Gasteiger partial charge in [-0.2, -0.15) is 5.10 Å². The standard InChI is InChI=1S/C11H19N3/c1-11(2)5-3-4-8(6-11)10-9(12)7-13-14-10/h7-8H,3-6,12H2,1-2H3,(H,13,14). The van der Waals surface area contributed by atoms with Gasteiger partial charge in [0.25, 0.3) is 0 Å². The molecule has 0 bridgehead atoms. The Morgan fingerprint density at radius 2 is 2.36 bits per heavy atom. The Morgan fingerprint density at radius 1 is 1.57 bits per heavy atom. The normalized spacial score (nSPS) is 26.3. The summed E-state index contributed by atoms with van der Waals surface area (Å²) in [6, 6.07) is 0. The third-order valence-electron chi connectivity index (χ3n) is 3.31. The van der Waals surface area contributed by atoms with Crippen LogP contribution in [0.3, 0.4) is 0 Å². The molecule has 1 saturated carbocycles. The van der Waals surface area contributed by atoms with Crippen LogP contribution < -0.4 is 5.73 Å². The third-order valence-corrected chi connectivity index (χ3v) is 3.31. The van der Waals surface area contributed by atoms with Gasteiger partial charge in [0.15, 0.2) is 0 Å². The first kappa shape index (κ1) is 9.56. The van der Waals surface area contributed by atoms with Crippen LogP contribution in [0.2, 0.25) is 0 Å². The van der Waals surface area contributed by atoms with Gasteiger partial charge in [-0.3, -0.25) is 5.10 Å². The summed E-state index contributed by atoms with van der Waals surface area (Å²) in [4.78, 5) is 0. The van der Waals surface area contributed by atoms with Crippen molar-refractivity contribution in [2.24, 2.45) is 5.41 Å². The molecule has 1 atom stereocenters. The van der Waals surface area contributed by atoms with Crippen LogP contribution in [0.15, 0.2) is 6.20 Å². The van der Waals surface area contributed by atoms with Crippen LogP contribution >= 0.6 is 0 Å². The van der Waals surface area contributed by atoms with Crippen molar-refractivity contribution in [2.75, 3.05) is 5.73 Å². The lowest BCUT2D eigenvalue weighted by Crippen LogP contribution is -2.22. The second-order valence-electron chi connectivity index (χ2n) is 5.20. The van der Waals surface area contributed by atoms with E-state index in [1.807, 2.05) is 0 Å². The molecule has 1 fully saturated rings. The molecule has 0 spiro atoms. The number of nitrogens with one attached hydrogen (secondary N) is 1. The molecule has 1 aliphatic carbocycles. The van der Waals surface area contributed by atoms with Crippen molar-refractivity contribution in [3.05, 3.63) is 11.9 Å². The van der Waals surface area contributed by atoms with Crippen LogP contribution in [0, 0.1) is 5.41 Å². The summed E-state index contributed by atoms with van der Waals surface area (Å²) in [5.41, 5.74) is 8.30. The van der Waals surface area contributed by atoms with Crippen molar-refractivity contribution in [3.63, 3.8) is 0 Å². The largest absolute Gasteiger partial charge is 0.396 e. The number of hydrogen-bond donors (Lipinski definition) is 2. The lowest BCUT2D eigenvalue weighted by atomic mass is 9.71. The van der Waals surface area contributed by atoms with Crippen LogP contribution in [0.1, 0.15) is 51.1 Å². The van der Waals surface area contributed by atoms with E-state index in [-0.39, 0.29) is 0 Å². The van der Waals surface area contributed by atoms with Crippen LogP contribution in [0.5, 0.6) is 0 Å². The van der Waals surface area contributed by atoms with Gasteiger partial charge in [-0.1, -0.05) is 20.3 Å². The number of hydrogen-bond acceptors (Lipinski definition) is 2. The Labute approximate surface area is 85.1 Å². The predicted molar refractivity (Wildman–Crippen MR) is 58.0 cm³/mol. The summed E-state index contributed by atoms with van der Waals surface area (Å²) in [6.45, 7) is 4.68. The van der Waals surface area contributed by atoms with Crippen molar-refractivity contribution in [1.29, 1.82) is 0 Å². The molecule has 3 heteroatoms. The molecule has 3 nitrogen and oxygen atoms in total. The first-order valence-electron chi connectivity index (χ1n) is 5.37. The molecule has 0 aromatic carbocycles. The van der Waals surface area contributed by atoms with Crippen molar-refractivity contribution < 1.29 is 0 Å². The molecule has 1 aromatic heterocycles. The Bertz CT molecular complexity index is 314. The molecular weight excluding hydrogens is 174 g/mol. The second-order valence-corrected chi connectivity index (χ2v) is 5.20. The number of H-pyrrole nitrogens is 1. The molecule has 14 heavy (non-hydrogen) atoms. The van der Waals surface area contributed by atoms with E-state index >= 15 is 0 Å². The molecule has 1 aromatic rings. The topological polar surface area (TPSA) is 54.7 Å². The van der Waals surface area contributed by atoms with Crippen molar-refractivity contribution in [2.45, 2.75) is 45.4 Å². The van der Waals surface area contributed by atoms with Crippen LogP contribution in [0.25, 0.3) is 0 Å². The molecular formula is C11H19N3. The average molecular weight is 193 g/mol. The third kappa shape index (κ3) is 1.76. The zero-order valence-electron chi connectivity index (χ0n) is 9.01. The van der Waals surface area contributed by atoms with Gasteiger partial charge in [0, 0.05) is 5.92 Å². The van der Waals surface area contributed by atoms with Crippen LogP contribution in [-0.2, 0) is 0 Å². The fourth-order valence-electron chi connectivity index (χ4n) is 2.58. The van der Waals surface area contributed by atoms with Gasteiger partial charge in [0.2, 0.25) is 0 Å². The molecule has 0 aliphatic heterocycles. The van der Waals surface area contributed by atoms with E-state index in [1.165, 1.54) is 25.7 Å². The summed E-state index contributed by atoms with van der Waals surface area (Å²) >= 11 is 0. The van der Waals surface area contributed by atoms with Gasteiger partial charge in [0.1, 0.15) is 0 Å². The summed E-state index contributed by atoms with van der Waals surface area (Å²) in [6.07, 6.45) is 6.82. The Morgan fingerprint density at radius 3 is 2.93 bits per heavy atom. The molecule has 3 N–H and O–H groups in total. The van der Waals surface area contributed by atoms with Gasteiger partial charge in [-0.05, 0) is 24.7 Å². The summed E-state index contributed by atoms with van der Waals surface area (Å²) < 4.78 is 0. The van der Waals surface area contributed by atoms with E-state index in [4.69, 9.17) is 5.73 Å². The monoisotopic (exact) mass is 193 g/mol. The van der Waals surface area contributed by atoms with E-state index in [9.17, 15) is 0 Å². The second kappa shape index (κ2) is 3.30. The van der Waals surface area contributed by atoms with Crippen molar-refractivity contribution >= 4 is 5.69 Å². The predicted octanol–water partition coefficient (Wildman–Crippen LogP) is 2.68. The van der Waals surface area contributed by atoms with Gasteiger partial charge in [-0.25, -0.2) is 0 Å². The zero-order valence-corrected chi connectivity index (χ0v) is 9.01. The lowest BCUT2D eigenvalue weighted by Gasteiger charge is -2.34. The highest BCUT2D eigenvalue weighted by molar-refractivity contribution is 5.42. The van der Waals surface area contributed by atoms with Crippen LogP contribution in [-0.4, -0.2) is 10.2 Å². The van der Waals surface area contributed by atoms with Gasteiger partial charge in [-0.15, -0.1) is 0 Å². The van der Waals surface area contributed by atoms with Gasteiger partial charge in [0.05, 0.1) is 17.6 Å². The quantitative estimate of drug-likeness (QED) is 0.720. The highest BCUT2D eigenvalue weighted by Crippen LogP contribution is 2.43. The SMILES string of the molecule is CC1(C)CCCC(c2[nH]ncc2N)C1. The minimum absolute atomic E-state index is 0.459. The number of anilines is 1. The smallest absolute Gasteiger partial charge is 0.0733 e. The van der Waals surface area contributed by atoms with E-state index in [1.54, 1.807) is 6.20 Å². The number of aromatic nitrogens is 2. The van der Waals surface area contributed by atoms with Crippen LogP contribution in [0.4, 0.5) is 5.69 Å². The zero-order chi connectivity index (χ0) is 10.2. The molecule has 1 heterocycles. The number of nitrogens with zero attached hydrogens (tertiary/aromatic N) is 1. The van der Waals surface area contributed by atoms with E-state index in [0.29, 0.717) is 11.3 Å². The summed E-state index contributed by atoms with van der Waals surface area (Å²) in [5, 5.41) is 7.03. The molecule has 1 unspecified atom stereocenters. The minimum Gasteiger partial charge on any atom is -0.396 e. The summed E-state index contributed by atoms with van der Waals surface area (Å²) in [7, 11) is 0. The number of rotatable bonds is 1. The van der Waals surface area contributed by atoms with E-state index in [2.05, 4.69) is 24.0 Å². The maximum absolute atomic E-state index is 5.87. The Hall–Kier alpha value is -0.990. The van der Waals surface area contributed by atoms with Gasteiger partial charge >= 0.3 is 0 Å². The van der Waals surface area contributed by atoms with Crippen molar-refractivity contribution in [3.8, 4) is 0 Å². The molecule has 78 valence electrons. The Kier molecular flexibility index (Phi) is 2.25. The first-order valence-corrected chi connectivity index (χ1v) is 5.37. The number of aromatic amines is 1.